The smallest absolute Gasteiger partial charge is 0.222 e. The van der Waals surface area contributed by atoms with Gasteiger partial charge in [0.2, 0.25) is 5.91 Å². The third-order valence-electron chi connectivity index (χ3n) is 4.10. The average Bonchev–Trinajstić information content (AvgIpc) is 2.56. The first-order valence-electron chi connectivity index (χ1n) is 7.90. The predicted octanol–water partition coefficient (Wildman–Crippen LogP) is 2.34. The molecule has 0 radical (unpaired) electrons. The highest BCUT2D eigenvalue weighted by atomic mass is 35.5. The molecule has 1 aliphatic heterocycles. The van der Waals surface area contributed by atoms with Crippen molar-refractivity contribution in [2.45, 2.75) is 19.3 Å². The van der Waals surface area contributed by atoms with Gasteiger partial charge in [-0.05, 0) is 56.1 Å². The molecule has 2 rings (SSSR count). The van der Waals surface area contributed by atoms with Crippen LogP contribution in [0.15, 0.2) is 24.3 Å². The third-order valence-corrected chi connectivity index (χ3v) is 4.10. The van der Waals surface area contributed by atoms with Crippen LogP contribution < -0.4 is 14.8 Å². The van der Waals surface area contributed by atoms with E-state index >= 15 is 0 Å². The summed E-state index contributed by atoms with van der Waals surface area (Å²) in [7, 11) is 3.49. The molecule has 1 amide bonds. The number of amides is 1. The topological polar surface area (TPSA) is 50.8 Å². The molecule has 1 aromatic rings. The fourth-order valence-corrected chi connectivity index (χ4v) is 2.59. The molecule has 0 atom stereocenters. The lowest BCUT2D eigenvalue weighted by atomic mass is 9.94. The van der Waals surface area contributed by atoms with Crippen molar-refractivity contribution in [2.75, 3.05) is 40.4 Å². The van der Waals surface area contributed by atoms with E-state index in [4.69, 9.17) is 9.47 Å². The molecule has 1 saturated heterocycles. The van der Waals surface area contributed by atoms with E-state index in [-0.39, 0.29) is 18.3 Å². The lowest BCUT2D eigenvalue weighted by Gasteiger charge is -2.25. The fraction of sp³-hybridized carbons (Fsp3) is 0.588. The summed E-state index contributed by atoms with van der Waals surface area (Å²) in [4.78, 5) is 13.9. The number of nitrogens with one attached hydrogen (secondary N) is 1. The van der Waals surface area contributed by atoms with Gasteiger partial charge < -0.3 is 19.7 Å². The van der Waals surface area contributed by atoms with E-state index in [1.807, 2.05) is 31.3 Å². The minimum absolute atomic E-state index is 0. The Labute approximate surface area is 144 Å². The summed E-state index contributed by atoms with van der Waals surface area (Å²) in [6.45, 7) is 3.17. The molecule has 0 saturated carbocycles. The molecule has 23 heavy (non-hydrogen) atoms. The highest BCUT2D eigenvalue weighted by Gasteiger charge is 2.18. The Kier molecular flexibility index (Phi) is 8.81. The third kappa shape index (κ3) is 6.67. The van der Waals surface area contributed by atoms with Crippen LogP contribution in [-0.4, -0.2) is 51.2 Å². The normalized spacial score (nSPS) is 14.7. The molecule has 0 aromatic heterocycles. The number of hydrogen-bond acceptors (Lipinski definition) is 4. The monoisotopic (exact) mass is 342 g/mol. The first-order valence-corrected chi connectivity index (χ1v) is 7.90. The number of methoxy groups -OCH3 is 1. The summed E-state index contributed by atoms with van der Waals surface area (Å²) in [6.07, 6.45) is 2.85. The number of likely N-dealkylation sites (N-methyl/N-ethyl adjacent to an activating group) is 1. The van der Waals surface area contributed by atoms with Crippen molar-refractivity contribution in [3.8, 4) is 11.5 Å². The zero-order chi connectivity index (χ0) is 15.8. The summed E-state index contributed by atoms with van der Waals surface area (Å²) in [6, 6.07) is 7.47. The molecular weight excluding hydrogens is 316 g/mol. The Morgan fingerprint density at radius 2 is 1.83 bits per heavy atom. The van der Waals surface area contributed by atoms with Crippen LogP contribution in [-0.2, 0) is 4.79 Å². The molecule has 0 unspecified atom stereocenters. The molecule has 1 fully saturated rings. The van der Waals surface area contributed by atoms with Gasteiger partial charge in [-0.1, -0.05) is 0 Å². The SMILES string of the molecule is COc1ccc(OCCN(C)C(=O)CC2CCNCC2)cc1.Cl. The van der Waals surface area contributed by atoms with Crippen LogP contribution in [0.3, 0.4) is 0 Å². The number of piperidine rings is 1. The Bertz CT molecular complexity index is 461. The summed E-state index contributed by atoms with van der Waals surface area (Å²) in [5.74, 6) is 2.34. The summed E-state index contributed by atoms with van der Waals surface area (Å²) < 4.78 is 10.8. The van der Waals surface area contributed by atoms with Gasteiger partial charge >= 0.3 is 0 Å². The highest BCUT2D eigenvalue weighted by molar-refractivity contribution is 5.85. The number of carbonyl (C=O) groups is 1. The van der Waals surface area contributed by atoms with E-state index in [0.717, 1.165) is 37.4 Å². The maximum atomic E-state index is 12.2. The van der Waals surface area contributed by atoms with Gasteiger partial charge in [0.1, 0.15) is 18.1 Å². The van der Waals surface area contributed by atoms with Crippen molar-refractivity contribution in [3.05, 3.63) is 24.3 Å². The van der Waals surface area contributed by atoms with E-state index < -0.39 is 0 Å². The first kappa shape index (κ1) is 19.6. The van der Waals surface area contributed by atoms with E-state index in [9.17, 15) is 4.79 Å². The quantitative estimate of drug-likeness (QED) is 0.826. The standard InChI is InChI=1S/C17H26N2O3.ClH/c1-19(17(20)13-14-7-9-18-10-8-14)11-12-22-16-5-3-15(21-2)4-6-16;/h3-6,14,18H,7-13H2,1-2H3;1H. The van der Waals surface area contributed by atoms with Crippen LogP contribution in [0, 0.1) is 5.92 Å². The molecule has 1 aliphatic rings. The summed E-state index contributed by atoms with van der Waals surface area (Å²) in [5, 5.41) is 3.32. The second kappa shape index (κ2) is 10.3. The van der Waals surface area contributed by atoms with Gasteiger partial charge in [0.05, 0.1) is 13.7 Å². The van der Waals surface area contributed by atoms with Crippen molar-refractivity contribution in [1.29, 1.82) is 0 Å². The molecule has 0 bridgehead atoms. The van der Waals surface area contributed by atoms with Crippen molar-refractivity contribution in [2.24, 2.45) is 5.92 Å². The van der Waals surface area contributed by atoms with Gasteiger partial charge in [-0.15, -0.1) is 12.4 Å². The summed E-state index contributed by atoms with van der Waals surface area (Å²) in [5.41, 5.74) is 0. The van der Waals surface area contributed by atoms with Gasteiger partial charge in [-0.25, -0.2) is 0 Å². The van der Waals surface area contributed by atoms with Crippen LogP contribution in [0.4, 0.5) is 0 Å². The minimum atomic E-state index is 0. The lowest BCUT2D eigenvalue weighted by molar-refractivity contribution is -0.131. The van der Waals surface area contributed by atoms with Crippen molar-refractivity contribution < 1.29 is 14.3 Å². The maximum absolute atomic E-state index is 12.2. The molecule has 1 N–H and O–H groups in total. The van der Waals surface area contributed by atoms with E-state index in [1.54, 1.807) is 12.0 Å². The van der Waals surface area contributed by atoms with Crippen molar-refractivity contribution >= 4 is 18.3 Å². The number of ether oxygens (including phenoxy) is 2. The van der Waals surface area contributed by atoms with Gasteiger partial charge in [-0.2, -0.15) is 0 Å². The van der Waals surface area contributed by atoms with Crippen molar-refractivity contribution in [1.82, 2.24) is 10.2 Å². The Morgan fingerprint density at radius 1 is 1.22 bits per heavy atom. The molecule has 5 nitrogen and oxygen atoms in total. The van der Waals surface area contributed by atoms with E-state index in [2.05, 4.69) is 5.32 Å². The number of carbonyl (C=O) groups excluding carboxylic acids is 1. The van der Waals surface area contributed by atoms with E-state index in [1.165, 1.54) is 0 Å². The Morgan fingerprint density at radius 3 is 2.43 bits per heavy atom. The molecule has 1 heterocycles. The first-order chi connectivity index (χ1) is 10.7. The van der Waals surface area contributed by atoms with Crippen LogP contribution in [0.1, 0.15) is 19.3 Å². The number of hydrogen-bond donors (Lipinski definition) is 1. The molecular formula is C17H27ClN2O3. The van der Waals surface area contributed by atoms with E-state index in [0.29, 0.717) is 25.5 Å². The van der Waals surface area contributed by atoms with Gasteiger partial charge in [0, 0.05) is 13.5 Å². The van der Waals surface area contributed by atoms with Crippen molar-refractivity contribution in [3.63, 3.8) is 0 Å². The second-order valence-corrected chi connectivity index (χ2v) is 5.74. The lowest BCUT2D eigenvalue weighted by Crippen LogP contribution is -2.35. The highest BCUT2D eigenvalue weighted by Crippen LogP contribution is 2.18. The fourth-order valence-electron chi connectivity index (χ4n) is 2.59. The maximum Gasteiger partial charge on any atom is 0.222 e. The molecule has 130 valence electrons. The van der Waals surface area contributed by atoms with Crippen LogP contribution in [0.5, 0.6) is 11.5 Å². The number of benzene rings is 1. The number of halogens is 1. The Hall–Kier alpha value is -1.46. The van der Waals surface area contributed by atoms with Gasteiger partial charge in [0.25, 0.3) is 0 Å². The zero-order valence-corrected chi connectivity index (χ0v) is 14.7. The predicted molar refractivity (Wildman–Crippen MR) is 93.6 cm³/mol. The molecule has 0 spiro atoms. The average molecular weight is 343 g/mol. The molecule has 6 heteroatoms. The number of rotatable bonds is 7. The zero-order valence-electron chi connectivity index (χ0n) is 13.9. The molecule has 1 aromatic carbocycles. The van der Waals surface area contributed by atoms with Gasteiger partial charge in [-0.3, -0.25) is 4.79 Å². The minimum Gasteiger partial charge on any atom is -0.497 e. The van der Waals surface area contributed by atoms with Crippen LogP contribution in [0.2, 0.25) is 0 Å². The second-order valence-electron chi connectivity index (χ2n) is 5.74. The largest absolute Gasteiger partial charge is 0.497 e. The number of nitrogens with zero attached hydrogens (tertiary/aromatic N) is 1. The Balaban J connectivity index is 0.00000264. The van der Waals surface area contributed by atoms with Crippen LogP contribution in [0.25, 0.3) is 0 Å². The molecule has 0 aliphatic carbocycles. The van der Waals surface area contributed by atoms with Crippen LogP contribution >= 0.6 is 12.4 Å². The summed E-state index contributed by atoms with van der Waals surface area (Å²) >= 11 is 0. The van der Waals surface area contributed by atoms with Gasteiger partial charge in [0.15, 0.2) is 0 Å².